The van der Waals surface area contributed by atoms with Crippen molar-refractivity contribution in [2.24, 2.45) is 5.92 Å². The summed E-state index contributed by atoms with van der Waals surface area (Å²) in [7, 11) is 2.16. The van der Waals surface area contributed by atoms with Crippen LogP contribution in [0.15, 0.2) is 54.6 Å². The van der Waals surface area contributed by atoms with Crippen LogP contribution in [-0.2, 0) is 4.74 Å². The molecule has 2 aliphatic heterocycles. The molecule has 0 amide bonds. The molecule has 2 atom stereocenters. The zero-order valence-electron chi connectivity index (χ0n) is 14.0. The number of hydrogen-bond acceptors (Lipinski definition) is 3. The molecule has 2 heterocycles. The van der Waals surface area contributed by atoms with E-state index < -0.39 is 0 Å². The molecule has 2 aliphatic rings. The van der Waals surface area contributed by atoms with Crippen LogP contribution in [0.4, 0.5) is 0 Å². The maximum atomic E-state index is 12.9. The highest BCUT2D eigenvalue weighted by atomic mass is 16.5. The minimum absolute atomic E-state index is 0.127. The molecule has 0 aromatic heterocycles. The fraction of sp³-hybridized carbons (Fsp3) is 0.381. The lowest BCUT2D eigenvalue weighted by Crippen LogP contribution is -2.55. The van der Waals surface area contributed by atoms with Gasteiger partial charge in [0.1, 0.15) is 0 Å². The number of ether oxygens (including phenoxy) is 1. The second-order valence-electron chi connectivity index (χ2n) is 6.99. The van der Waals surface area contributed by atoms with E-state index in [1.54, 1.807) is 0 Å². The molecule has 2 fully saturated rings. The Bertz CT molecular complexity index is 696. The van der Waals surface area contributed by atoms with E-state index >= 15 is 0 Å². The van der Waals surface area contributed by atoms with Gasteiger partial charge in [-0.15, -0.1) is 0 Å². The number of benzene rings is 2. The predicted molar refractivity (Wildman–Crippen MR) is 95.1 cm³/mol. The van der Waals surface area contributed by atoms with Gasteiger partial charge in [0.25, 0.3) is 0 Å². The molecule has 4 rings (SSSR count). The summed E-state index contributed by atoms with van der Waals surface area (Å²) >= 11 is 0. The molecule has 2 unspecified atom stereocenters. The fourth-order valence-corrected chi connectivity index (χ4v) is 4.00. The molecule has 2 bridgehead atoms. The molecule has 3 nitrogen and oxygen atoms in total. The lowest BCUT2D eigenvalue weighted by molar-refractivity contribution is -0.0702. The molecule has 2 aromatic carbocycles. The maximum absolute atomic E-state index is 12.9. The predicted octanol–water partition coefficient (Wildman–Crippen LogP) is 3.65. The van der Waals surface area contributed by atoms with E-state index in [1.165, 1.54) is 5.56 Å². The van der Waals surface area contributed by atoms with Gasteiger partial charge in [-0.1, -0.05) is 54.6 Å². The third-order valence-electron chi connectivity index (χ3n) is 5.53. The number of nitrogens with zero attached hydrogens (tertiary/aromatic N) is 1. The third kappa shape index (κ3) is 2.90. The van der Waals surface area contributed by atoms with Gasteiger partial charge in [-0.05, 0) is 31.0 Å². The highest BCUT2D eigenvalue weighted by Gasteiger charge is 2.39. The van der Waals surface area contributed by atoms with Crippen LogP contribution >= 0.6 is 0 Å². The Balaban J connectivity index is 1.51. The van der Waals surface area contributed by atoms with Crippen LogP contribution in [0.2, 0.25) is 0 Å². The Morgan fingerprint density at radius 1 is 0.917 bits per heavy atom. The van der Waals surface area contributed by atoms with Crippen LogP contribution in [0.25, 0.3) is 11.1 Å². The minimum atomic E-state index is 0.127. The van der Waals surface area contributed by atoms with E-state index in [0.29, 0.717) is 17.9 Å². The monoisotopic (exact) mass is 321 g/mol. The molecule has 0 saturated carbocycles. The van der Waals surface area contributed by atoms with Gasteiger partial charge in [0.05, 0.1) is 13.2 Å². The lowest BCUT2D eigenvalue weighted by Gasteiger charge is -2.46. The van der Waals surface area contributed by atoms with Gasteiger partial charge in [0.2, 0.25) is 0 Å². The second-order valence-corrected chi connectivity index (χ2v) is 6.99. The van der Waals surface area contributed by atoms with Gasteiger partial charge in [0.15, 0.2) is 5.78 Å². The van der Waals surface area contributed by atoms with Crippen LogP contribution < -0.4 is 0 Å². The van der Waals surface area contributed by atoms with Gasteiger partial charge < -0.3 is 4.74 Å². The molecule has 0 spiro atoms. The molecule has 0 aliphatic carbocycles. The van der Waals surface area contributed by atoms with E-state index in [4.69, 9.17) is 4.74 Å². The van der Waals surface area contributed by atoms with E-state index in [9.17, 15) is 4.79 Å². The van der Waals surface area contributed by atoms with Crippen LogP contribution in [0.3, 0.4) is 0 Å². The quantitative estimate of drug-likeness (QED) is 0.808. The molecule has 2 saturated heterocycles. The van der Waals surface area contributed by atoms with Crippen LogP contribution in [0, 0.1) is 5.92 Å². The van der Waals surface area contributed by atoms with Crippen molar-refractivity contribution in [3.63, 3.8) is 0 Å². The summed E-state index contributed by atoms with van der Waals surface area (Å²) in [6.45, 7) is 1.51. The van der Waals surface area contributed by atoms with Gasteiger partial charge in [-0.3, -0.25) is 9.69 Å². The molecular weight excluding hydrogens is 298 g/mol. The van der Waals surface area contributed by atoms with E-state index in [1.807, 2.05) is 30.3 Å². The summed E-state index contributed by atoms with van der Waals surface area (Å²) in [4.78, 5) is 15.3. The Morgan fingerprint density at radius 3 is 2.12 bits per heavy atom. The summed E-state index contributed by atoms with van der Waals surface area (Å²) < 4.78 is 5.65. The van der Waals surface area contributed by atoms with Gasteiger partial charge in [-0.25, -0.2) is 0 Å². The highest BCUT2D eigenvalue weighted by Crippen LogP contribution is 2.32. The Morgan fingerprint density at radius 2 is 1.50 bits per heavy atom. The first-order valence-corrected chi connectivity index (χ1v) is 8.72. The van der Waals surface area contributed by atoms with Gasteiger partial charge in [-0.2, -0.15) is 0 Å². The molecule has 0 N–H and O–H groups in total. The van der Waals surface area contributed by atoms with Crippen LogP contribution in [0.5, 0.6) is 0 Å². The van der Waals surface area contributed by atoms with Crippen molar-refractivity contribution < 1.29 is 9.53 Å². The molecule has 3 heteroatoms. The number of carbonyl (C=O) groups is 1. The van der Waals surface area contributed by atoms with Crippen LogP contribution in [-0.4, -0.2) is 43.0 Å². The number of hydrogen-bond donors (Lipinski definition) is 0. The standard InChI is InChI=1S/C21H23NO2/c1-22-19-11-18(12-20(22)14-24-13-19)21(23)17-9-7-16(8-10-17)15-5-3-2-4-6-15/h2-10,18-20H,11-14H2,1H3. The van der Waals surface area contributed by atoms with Crippen LogP contribution in [0.1, 0.15) is 23.2 Å². The SMILES string of the molecule is CN1C2COCC1CC(C(=O)c1ccc(-c3ccccc3)cc1)C2. The minimum Gasteiger partial charge on any atom is -0.378 e. The number of fused-ring (bicyclic) bond motifs is 2. The van der Waals surface area contributed by atoms with E-state index in [2.05, 4.69) is 36.2 Å². The molecule has 0 radical (unpaired) electrons. The summed E-state index contributed by atoms with van der Waals surface area (Å²) in [6, 6.07) is 19.1. The van der Waals surface area contributed by atoms with Crippen molar-refractivity contribution in [1.82, 2.24) is 4.90 Å². The van der Waals surface area contributed by atoms with Gasteiger partial charge >= 0.3 is 0 Å². The Labute approximate surface area is 143 Å². The van der Waals surface area contributed by atoms with Gasteiger partial charge in [0, 0.05) is 23.6 Å². The first kappa shape index (κ1) is 15.6. The van der Waals surface area contributed by atoms with Crippen molar-refractivity contribution >= 4 is 5.78 Å². The zero-order chi connectivity index (χ0) is 16.5. The number of rotatable bonds is 3. The second kappa shape index (κ2) is 6.50. The largest absolute Gasteiger partial charge is 0.378 e. The molecule has 2 aromatic rings. The molecular formula is C21H23NO2. The molecule has 24 heavy (non-hydrogen) atoms. The van der Waals surface area contributed by atoms with Crippen molar-refractivity contribution in [3.05, 3.63) is 60.2 Å². The normalized spacial score (nSPS) is 27.0. The lowest BCUT2D eigenvalue weighted by atomic mass is 9.81. The fourth-order valence-electron chi connectivity index (χ4n) is 4.00. The highest BCUT2D eigenvalue weighted by molar-refractivity contribution is 5.98. The van der Waals surface area contributed by atoms with E-state index in [-0.39, 0.29) is 5.92 Å². The Kier molecular flexibility index (Phi) is 4.21. The zero-order valence-corrected chi connectivity index (χ0v) is 14.0. The number of likely N-dealkylation sites (N-methyl/N-ethyl adjacent to an activating group) is 1. The number of ketones is 1. The van der Waals surface area contributed by atoms with Crippen molar-refractivity contribution in [1.29, 1.82) is 0 Å². The van der Waals surface area contributed by atoms with Crippen molar-refractivity contribution in [2.45, 2.75) is 24.9 Å². The average molecular weight is 321 g/mol. The topological polar surface area (TPSA) is 29.5 Å². The third-order valence-corrected chi connectivity index (χ3v) is 5.53. The smallest absolute Gasteiger partial charge is 0.166 e. The number of Topliss-reactive ketones (excluding diaryl/α,β-unsaturated/α-hetero) is 1. The summed E-state index contributed by atoms with van der Waals surface area (Å²) in [5.74, 6) is 0.419. The summed E-state index contributed by atoms with van der Waals surface area (Å²) in [5.41, 5.74) is 3.17. The summed E-state index contributed by atoms with van der Waals surface area (Å²) in [6.07, 6.45) is 1.82. The Hall–Kier alpha value is -1.97. The van der Waals surface area contributed by atoms with E-state index in [0.717, 1.165) is 37.2 Å². The summed E-state index contributed by atoms with van der Waals surface area (Å²) in [5, 5.41) is 0. The molecule has 124 valence electrons. The van der Waals surface area contributed by atoms with Crippen molar-refractivity contribution in [2.75, 3.05) is 20.3 Å². The maximum Gasteiger partial charge on any atom is 0.166 e. The first-order chi connectivity index (χ1) is 11.7. The number of morpholine rings is 1. The number of piperidine rings is 1. The average Bonchev–Trinajstić information content (AvgIpc) is 2.62. The van der Waals surface area contributed by atoms with Crippen molar-refractivity contribution in [3.8, 4) is 11.1 Å². The number of carbonyl (C=O) groups excluding carboxylic acids is 1. The first-order valence-electron chi connectivity index (χ1n) is 8.72.